The Hall–Kier alpha value is -1.17. The van der Waals surface area contributed by atoms with E-state index in [0.29, 0.717) is 12.8 Å². The number of hydrogen-bond donors (Lipinski definition) is 1. The van der Waals surface area contributed by atoms with Gasteiger partial charge in [-0.2, -0.15) is 0 Å². The maximum absolute atomic E-state index is 13.4. The highest BCUT2D eigenvalue weighted by Crippen LogP contribution is 2.32. The molecular weight excluding hydrogens is 267 g/mol. The molecule has 1 atom stereocenters. The van der Waals surface area contributed by atoms with Gasteiger partial charge in [-0.3, -0.25) is 0 Å². The summed E-state index contributed by atoms with van der Waals surface area (Å²) in [5.41, 5.74) is -1.15. The first-order valence-electron chi connectivity index (χ1n) is 6.04. The van der Waals surface area contributed by atoms with Crippen molar-refractivity contribution in [1.82, 2.24) is 0 Å². The standard InChI is InChI=1S/C13H15F5O/c1-3-6(4-2)5-7(19)8-9(14)11(16)13(18)12(17)10(8)15/h6-7,19H,3-5H2,1-2H3. The Bertz CT molecular complexity index is 428. The van der Waals surface area contributed by atoms with Crippen LogP contribution in [-0.2, 0) is 0 Å². The van der Waals surface area contributed by atoms with Crippen LogP contribution in [-0.4, -0.2) is 5.11 Å². The lowest BCUT2D eigenvalue weighted by atomic mass is 9.92. The maximum atomic E-state index is 13.4. The normalized spacial score (nSPS) is 13.1. The van der Waals surface area contributed by atoms with E-state index in [0.717, 1.165) is 0 Å². The number of rotatable bonds is 5. The highest BCUT2D eigenvalue weighted by atomic mass is 19.2. The molecule has 0 amide bonds. The van der Waals surface area contributed by atoms with Crippen LogP contribution in [0, 0.1) is 35.0 Å². The summed E-state index contributed by atoms with van der Waals surface area (Å²) in [4.78, 5) is 0. The van der Waals surface area contributed by atoms with Gasteiger partial charge < -0.3 is 5.11 Å². The zero-order valence-corrected chi connectivity index (χ0v) is 10.6. The molecular formula is C13H15F5O. The predicted molar refractivity (Wildman–Crippen MR) is 59.9 cm³/mol. The molecule has 0 aliphatic carbocycles. The van der Waals surface area contributed by atoms with Crippen LogP contribution in [0.2, 0.25) is 0 Å². The Balaban J connectivity index is 3.20. The van der Waals surface area contributed by atoms with Gasteiger partial charge in [-0.1, -0.05) is 26.7 Å². The van der Waals surface area contributed by atoms with Crippen LogP contribution in [0.4, 0.5) is 22.0 Å². The highest BCUT2D eigenvalue weighted by molar-refractivity contribution is 5.26. The molecule has 0 aromatic heterocycles. The van der Waals surface area contributed by atoms with E-state index in [1.165, 1.54) is 0 Å². The summed E-state index contributed by atoms with van der Waals surface area (Å²) in [6.07, 6.45) is -0.480. The summed E-state index contributed by atoms with van der Waals surface area (Å²) in [6, 6.07) is 0. The quantitative estimate of drug-likeness (QED) is 0.486. The predicted octanol–water partition coefficient (Wildman–Crippen LogP) is 4.24. The first-order valence-corrected chi connectivity index (χ1v) is 6.04. The molecule has 0 spiro atoms. The van der Waals surface area contributed by atoms with Gasteiger partial charge in [0, 0.05) is 0 Å². The molecule has 0 aliphatic heterocycles. The van der Waals surface area contributed by atoms with Gasteiger partial charge in [0.1, 0.15) is 0 Å². The SMILES string of the molecule is CCC(CC)CC(O)c1c(F)c(F)c(F)c(F)c1F. The Morgan fingerprint density at radius 2 is 1.16 bits per heavy atom. The molecule has 0 saturated heterocycles. The second kappa shape index (κ2) is 6.32. The van der Waals surface area contributed by atoms with Gasteiger partial charge in [-0.25, -0.2) is 22.0 Å². The molecule has 0 fully saturated rings. The van der Waals surface area contributed by atoms with E-state index in [1.54, 1.807) is 0 Å². The molecule has 1 N–H and O–H groups in total. The van der Waals surface area contributed by atoms with E-state index in [-0.39, 0.29) is 12.3 Å². The van der Waals surface area contributed by atoms with Crippen molar-refractivity contribution in [3.05, 3.63) is 34.6 Å². The molecule has 1 nitrogen and oxygen atoms in total. The zero-order valence-electron chi connectivity index (χ0n) is 10.6. The Morgan fingerprint density at radius 1 is 0.789 bits per heavy atom. The summed E-state index contributed by atoms with van der Waals surface area (Å²) in [6.45, 7) is 3.64. The smallest absolute Gasteiger partial charge is 0.200 e. The Labute approximate surface area is 108 Å². The second-order valence-corrected chi connectivity index (χ2v) is 4.42. The number of benzene rings is 1. The summed E-state index contributed by atoms with van der Waals surface area (Å²) in [5.74, 6) is -10.3. The lowest BCUT2D eigenvalue weighted by molar-refractivity contribution is 0.129. The van der Waals surface area contributed by atoms with Crippen LogP contribution in [0.5, 0.6) is 0 Å². The van der Waals surface area contributed by atoms with Gasteiger partial charge in [0.05, 0.1) is 11.7 Å². The lowest BCUT2D eigenvalue weighted by Gasteiger charge is -2.19. The number of aliphatic hydroxyl groups excluding tert-OH is 1. The van der Waals surface area contributed by atoms with E-state index in [4.69, 9.17) is 0 Å². The minimum Gasteiger partial charge on any atom is -0.388 e. The topological polar surface area (TPSA) is 20.2 Å². The fourth-order valence-corrected chi connectivity index (χ4v) is 1.97. The number of aliphatic hydroxyl groups is 1. The van der Waals surface area contributed by atoms with Crippen molar-refractivity contribution < 1.29 is 27.1 Å². The first-order chi connectivity index (χ1) is 8.84. The molecule has 1 aromatic carbocycles. The molecule has 0 heterocycles. The highest BCUT2D eigenvalue weighted by Gasteiger charge is 2.30. The minimum absolute atomic E-state index is 0.0502. The lowest BCUT2D eigenvalue weighted by Crippen LogP contribution is -2.14. The molecule has 0 bridgehead atoms. The largest absolute Gasteiger partial charge is 0.388 e. The second-order valence-electron chi connectivity index (χ2n) is 4.42. The van der Waals surface area contributed by atoms with Gasteiger partial charge in [0.25, 0.3) is 0 Å². The first kappa shape index (κ1) is 15.9. The Morgan fingerprint density at radius 3 is 1.53 bits per heavy atom. The summed E-state index contributed by atoms with van der Waals surface area (Å²) < 4.78 is 65.7. The number of halogens is 5. The third kappa shape index (κ3) is 3.05. The fraction of sp³-hybridized carbons (Fsp3) is 0.538. The van der Waals surface area contributed by atoms with Crippen molar-refractivity contribution in [3.8, 4) is 0 Å². The van der Waals surface area contributed by atoms with E-state index < -0.39 is 40.8 Å². The molecule has 0 saturated carbocycles. The summed E-state index contributed by atoms with van der Waals surface area (Å²) >= 11 is 0. The van der Waals surface area contributed by atoms with Gasteiger partial charge >= 0.3 is 0 Å². The van der Waals surface area contributed by atoms with E-state index >= 15 is 0 Å². The van der Waals surface area contributed by atoms with Crippen molar-refractivity contribution in [2.75, 3.05) is 0 Å². The van der Waals surface area contributed by atoms with Crippen molar-refractivity contribution >= 4 is 0 Å². The van der Waals surface area contributed by atoms with Crippen LogP contribution in [0.3, 0.4) is 0 Å². The third-order valence-electron chi connectivity index (χ3n) is 3.29. The molecule has 1 unspecified atom stereocenters. The molecule has 0 aliphatic rings. The van der Waals surface area contributed by atoms with Gasteiger partial charge in [0.15, 0.2) is 23.3 Å². The van der Waals surface area contributed by atoms with Crippen molar-refractivity contribution in [1.29, 1.82) is 0 Å². The van der Waals surface area contributed by atoms with E-state index in [9.17, 15) is 27.1 Å². The van der Waals surface area contributed by atoms with Crippen LogP contribution in [0.1, 0.15) is 44.8 Å². The molecule has 6 heteroatoms. The zero-order chi connectivity index (χ0) is 14.7. The van der Waals surface area contributed by atoms with Gasteiger partial charge in [-0.15, -0.1) is 0 Å². The van der Waals surface area contributed by atoms with Crippen molar-refractivity contribution in [3.63, 3.8) is 0 Å². The fourth-order valence-electron chi connectivity index (χ4n) is 1.97. The Kier molecular flexibility index (Phi) is 5.29. The molecule has 19 heavy (non-hydrogen) atoms. The minimum atomic E-state index is -2.21. The van der Waals surface area contributed by atoms with Crippen LogP contribution in [0.15, 0.2) is 0 Å². The van der Waals surface area contributed by atoms with Crippen LogP contribution >= 0.6 is 0 Å². The molecule has 0 radical (unpaired) electrons. The average molecular weight is 282 g/mol. The molecule has 1 rings (SSSR count). The maximum Gasteiger partial charge on any atom is 0.200 e. The third-order valence-corrected chi connectivity index (χ3v) is 3.29. The van der Waals surface area contributed by atoms with Crippen LogP contribution < -0.4 is 0 Å². The summed E-state index contributed by atoms with van der Waals surface area (Å²) in [5, 5.41) is 9.72. The van der Waals surface area contributed by atoms with Crippen molar-refractivity contribution in [2.24, 2.45) is 5.92 Å². The van der Waals surface area contributed by atoms with Crippen molar-refractivity contribution in [2.45, 2.75) is 39.2 Å². The average Bonchev–Trinajstić information content (AvgIpc) is 2.40. The van der Waals surface area contributed by atoms with E-state index in [1.807, 2.05) is 13.8 Å². The molecule has 1 aromatic rings. The van der Waals surface area contributed by atoms with Gasteiger partial charge in [0.2, 0.25) is 5.82 Å². The number of hydrogen-bond acceptors (Lipinski definition) is 1. The van der Waals surface area contributed by atoms with Crippen LogP contribution in [0.25, 0.3) is 0 Å². The monoisotopic (exact) mass is 282 g/mol. The summed E-state index contributed by atoms with van der Waals surface area (Å²) in [7, 11) is 0. The molecule has 108 valence electrons. The van der Waals surface area contributed by atoms with E-state index in [2.05, 4.69) is 0 Å². The van der Waals surface area contributed by atoms with Gasteiger partial charge in [-0.05, 0) is 12.3 Å².